The number of thiazole rings is 1. The zero-order valence-corrected chi connectivity index (χ0v) is 15.9. The van der Waals surface area contributed by atoms with Crippen molar-refractivity contribution in [3.05, 3.63) is 77.0 Å². The van der Waals surface area contributed by atoms with E-state index in [1.165, 1.54) is 4.40 Å². The molecular formula is C20H15N5O3S. The Labute approximate surface area is 168 Å². The van der Waals surface area contributed by atoms with E-state index in [9.17, 15) is 9.59 Å². The highest BCUT2D eigenvalue weighted by molar-refractivity contribution is 7.21. The predicted octanol–water partition coefficient (Wildman–Crippen LogP) is 2.68. The Morgan fingerprint density at radius 1 is 1.10 bits per heavy atom. The average molecular weight is 405 g/mol. The number of carbonyl (C=O) groups excluding carboxylic acids is 1. The maximum atomic E-state index is 12.2. The molecule has 0 unspecified atom stereocenters. The second-order valence-electron chi connectivity index (χ2n) is 6.40. The molecule has 0 aliphatic heterocycles. The van der Waals surface area contributed by atoms with Crippen LogP contribution in [0.15, 0.2) is 70.0 Å². The molecule has 0 fully saturated rings. The molecule has 0 radical (unpaired) electrons. The van der Waals surface area contributed by atoms with E-state index in [1.54, 1.807) is 41.8 Å². The zero-order valence-electron chi connectivity index (χ0n) is 15.1. The SMILES string of the molecule is O=C(Cn1nc2ccccn2c1=O)NCc1ccc(-c2nc3ccccc3s2)o1. The number of rotatable bonds is 5. The Hall–Kier alpha value is -3.72. The molecule has 0 aliphatic rings. The third-order valence-electron chi connectivity index (χ3n) is 4.41. The number of aromatic nitrogens is 4. The van der Waals surface area contributed by atoms with E-state index in [4.69, 9.17) is 4.42 Å². The van der Waals surface area contributed by atoms with Crippen molar-refractivity contribution < 1.29 is 9.21 Å². The molecule has 9 heteroatoms. The molecule has 0 bridgehead atoms. The lowest BCUT2D eigenvalue weighted by atomic mass is 10.3. The molecule has 29 heavy (non-hydrogen) atoms. The van der Waals surface area contributed by atoms with Crippen molar-refractivity contribution in [3.8, 4) is 10.8 Å². The summed E-state index contributed by atoms with van der Waals surface area (Å²) >= 11 is 1.55. The maximum Gasteiger partial charge on any atom is 0.350 e. The Bertz CT molecular complexity index is 1360. The molecule has 5 rings (SSSR count). The molecule has 144 valence electrons. The fourth-order valence-corrected chi connectivity index (χ4v) is 3.94. The van der Waals surface area contributed by atoms with Gasteiger partial charge in [0, 0.05) is 6.20 Å². The number of hydrogen-bond donors (Lipinski definition) is 1. The van der Waals surface area contributed by atoms with Crippen LogP contribution in [-0.4, -0.2) is 25.1 Å². The zero-order chi connectivity index (χ0) is 19.8. The van der Waals surface area contributed by atoms with Crippen molar-refractivity contribution in [1.82, 2.24) is 24.5 Å². The summed E-state index contributed by atoms with van der Waals surface area (Å²) in [6.45, 7) is 0.0534. The van der Waals surface area contributed by atoms with Crippen LogP contribution in [0.1, 0.15) is 5.76 Å². The van der Waals surface area contributed by atoms with Crippen molar-refractivity contribution in [2.75, 3.05) is 0 Å². The molecule has 4 heterocycles. The summed E-state index contributed by atoms with van der Waals surface area (Å²) < 4.78 is 9.44. The average Bonchev–Trinajstić information content (AvgIpc) is 3.44. The van der Waals surface area contributed by atoms with Crippen molar-refractivity contribution in [3.63, 3.8) is 0 Å². The van der Waals surface area contributed by atoms with E-state index in [2.05, 4.69) is 15.4 Å². The number of fused-ring (bicyclic) bond motifs is 2. The van der Waals surface area contributed by atoms with Crippen LogP contribution in [0.4, 0.5) is 0 Å². The van der Waals surface area contributed by atoms with E-state index in [0.717, 1.165) is 19.9 Å². The molecular weight excluding hydrogens is 390 g/mol. The molecule has 0 saturated carbocycles. The largest absolute Gasteiger partial charge is 0.457 e. The van der Waals surface area contributed by atoms with Gasteiger partial charge in [-0.1, -0.05) is 18.2 Å². The summed E-state index contributed by atoms with van der Waals surface area (Å²) in [5.74, 6) is 0.940. The fourth-order valence-electron chi connectivity index (χ4n) is 3.01. The summed E-state index contributed by atoms with van der Waals surface area (Å²) in [5, 5.41) is 7.69. The number of para-hydroxylation sites is 1. The number of amides is 1. The second kappa shape index (κ2) is 7.02. The molecule has 0 atom stereocenters. The van der Waals surface area contributed by atoms with Gasteiger partial charge in [0.25, 0.3) is 0 Å². The molecule has 5 aromatic rings. The van der Waals surface area contributed by atoms with Gasteiger partial charge >= 0.3 is 5.69 Å². The fraction of sp³-hybridized carbons (Fsp3) is 0.100. The lowest BCUT2D eigenvalue weighted by Gasteiger charge is -2.02. The van der Waals surface area contributed by atoms with Crippen LogP contribution in [-0.2, 0) is 17.9 Å². The molecule has 4 aromatic heterocycles. The van der Waals surface area contributed by atoms with Gasteiger partial charge < -0.3 is 9.73 Å². The molecule has 0 aliphatic carbocycles. The smallest absolute Gasteiger partial charge is 0.350 e. The van der Waals surface area contributed by atoms with Crippen molar-refractivity contribution in [2.45, 2.75) is 13.1 Å². The number of pyridine rings is 1. The Morgan fingerprint density at radius 2 is 1.97 bits per heavy atom. The van der Waals surface area contributed by atoms with Crippen molar-refractivity contribution in [2.24, 2.45) is 0 Å². The molecule has 8 nitrogen and oxygen atoms in total. The van der Waals surface area contributed by atoms with Crippen LogP contribution in [0, 0.1) is 0 Å². The summed E-state index contributed by atoms with van der Waals surface area (Å²) in [4.78, 5) is 29.0. The van der Waals surface area contributed by atoms with E-state index in [1.807, 2.05) is 30.3 Å². The van der Waals surface area contributed by atoms with Gasteiger partial charge in [0.15, 0.2) is 16.4 Å². The lowest BCUT2D eigenvalue weighted by Crippen LogP contribution is -2.32. The van der Waals surface area contributed by atoms with Crippen LogP contribution >= 0.6 is 11.3 Å². The minimum Gasteiger partial charge on any atom is -0.457 e. The van der Waals surface area contributed by atoms with Gasteiger partial charge in [0.2, 0.25) is 5.91 Å². The van der Waals surface area contributed by atoms with Gasteiger partial charge in [-0.15, -0.1) is 16.4 Å². The Balaban J connectivity index is 1.26. The van der Waals surface area contributed by atoms with Crippen LogP contribution in [0.5, 0.6) is 0 Å². The number of carbonyl (C=O) groups is 1. The standard InChI is InChI=1S/C20H15N5O3S/c26-18(12-25-20(27)24-10-4-3-7-17(24)23-25)21-11-13-8-9-15(28-13)19-22-14-5-1-2-6-16(14)29-19/h1-10H,11-12H2,(H,21,26). The van der Waals surface area contributed by atoms with Crippen LogP contribution in [0.3, 0.4) is 0 Å². The van der Waals surface area contributed by atoms with Crippen LogP contribution in [0.25, 0.3) is 26.6 Å². The van der Waals surface area contributed by atoms with Crippen molar-refractivity contribution >= 4 is 33.1 Å². The highest BCUT2D eigenvalue weighted by Gasteiger charge is 2.13. The molecule has 1 aromatic carbocycles. The monoisotopic (exact) mass is 405 g/mol. The number of benzene rings is 1. The predicted molar refractivity (Wildman–Crippen MR) is 109 cm³/mol. The topological polar surface area (TPSA) is 94.4 Å². The Morgan fingerprint density at radius 3 is 2.83 bits per heavy atom. The first kappa shape index (κ1) is 17.4. The minimum atomic E-state index is -0.355. The van der Waals surface area contributed by atoms with E-state index < -0.39 is 0 Å². The van der Waals surface area contributed by atoms with E-state index in [0.29, 0.717) is 17.2 Å². The summed E-state index contributed by atoms with van der Waals surface area (Å²) in [7, 11) is 0. The van der Waals surface area contributed by atoms with Gasteiger partial charge in [-0.2, -0.15) is 0 Å². The normalized spacial score (nSPS) is 11.3. The highest BCUT2D eigenvalue weighted by atomic mass is 32.1. The highest BCUT2D eigenvalue weighted by Crippen LogP contribution is 2.31. The van der Waals surface area contributed by atoms with Crippen LogP contribution in [0.2, 0.25) is 0 Å². The number of nitrogens with one attached hydrogen (secondary N) is 1. The third-order valence-corrected chi connectivity index (χ3v) is 5.46. The number of furan rings is 1. The summed E-state index contributed by atoms with van der Waals surface area (Å²) in [6, 6.07) is 16.8. The maximum absolute atomic E-state index is 12.2. The van der Waals surface area contributed by atoms with Gasteiger partial charge in [-0.3, -0.25) is 9.20 Å². The third kappa shape index (κ3) is 3.32. The van der Waals surface area contributed by atoms with Gasteiger partial charge in [0.1, 0.15) is 12.3 Å². The quantitative estimate of drug-likeness (QED) is 0.485. The van der Waals surface area contributed by atoms with E-state index in [-0.39, 0.29) is 24.7 Å². The van der Waals surface area contributed by atoms with Gasteiger partial charge in [-0.05, 0) is 36.4 Å². The van der Waals surface area contributed by atoms with Gasteiger partial charge in [0.05, 0.1) is 16.8 Å². The lowest BCUT2D eigenvalue weighted by molar-refractivity contribution is -0.122. The van der Waals surface area contributed by atoms with E-state index >= 15 is 0 Å². The molecule has 1 amide bonds. The first-order valence-electron chi connectivity index (χ1n) is 8.93. The molecule has 0 spiro atoms. The van der Waals surface area contributed by atoms with Crippen molar-refractivity contribution in [1.29, 1.82) is 0 Å². The minimum absolute atomic E-state index is 0.161. The summed E-state index contributed by atoms with van der Waals surface area (Å²) in [6.07, 6.45) is 1.62. The number of hydrogen-bond acceptors (Lipinski definition) is 6. The first-order valence-corrected chi connectivity index (χ1v) is 9.74. The first-order chi connectivity index (χ1) is 14.2. The molecule has 0 saturated heterocycles. The molecule has 1 N–H and O–H groups in total. The van der Waals surface area contributed by atoms with Crippen LogP contribution < -0.4 is 11.0 Å². The number of nitrogens with zero attached hydrogens (tertiary/aromatic N) is 4. The Kier molecular flexibility index (Phi) is 4.21. The van der Waals surface area contributed by atoms with Gasteiger partial charge in [-0.25, -0.2) is 14.5 Å². The second-order valence-corrected chi connectivity index (χ2v) is 7.43. The summed E-state index contributed by atoms with van der Waals surface area (Å²) in [5.41, 5.74) is 1.07.